The molecule has 1 fully saturated rings. The summed E-state index contributed by atoms with van der Waals surface area (Å²) in [5.74, 6) is 0.515. The lowest BCUT2D eigenvalue weighted by Gasteiger charge is -2.29. The van der Waals surface area contributed by atoms with E-state index < -0.39 is 0 Å². The largest absolute Gasteiger partial charge is 0.342 e. The molecule has 1 saturated heterocycles. The number of likely N-dealkylation sites (tertiary alicyclic amines) is 1. The Kier molecular flexibility index (Phi) is 6.68. The Morgan fingerprint density at radius 2 is 1.86 bits per heavy atom. The lowest BCUT2D eigenvalue weighted by molar-refractivity contribution is -0.133. The van der Waals surface area contributed by atoms with Crippen LogP contribution in [0.1, 0.15) is 71.3 Å². The van der Waals surface area contributed by atoms with Gasteiger partial charge in [-0.25, -0.2) is 0 Å². The molecule has 154 valence electrons. The van der Waals surface area contributed by atoms with Crippen LogP contribution in [-0.4, -0.2) is 34.7 Å². The summed E-state index contributed by atoms with van der Waals surface area (Å²) in [4.78, 5) is 41.5. The number of carbonyl (C=O) groups excluding carboxylic acids is 2. The predicted octanol–water partition coefficient (Wildman–Crippen LogP) is 3.92. The number of amides is 1. The van der Waals surface area contributed by atoms with Crippen molar-refractivity contribution in [1.82, 2.24) is 9.88 Å². The van der Waals surface area contributed by atoms with Gasteiger partial charge in [0.05, 0.1) is 0 Å². The molecule has 1 N–H and O–H groups in total. The Hall–Kier alpha value is -2.69. The van der Waals surface area contributed by atoms with E-state index in [0.717, 1.165) is 42.8 Å². The molecule has 3 rings (SSSR count). The molecule has 5 heteroatoms. The number of ketones is 1. The number of hydrogen-bond donors (Lipinski definition) is 1. The topological polar surface area (TPSA) is 70.2 Å². The molecule has 0 bridgehead atoms. The molecule has 1 aromatic carbocycles. The van der Waals surface area contributed by atoms with Crippen molar-refractivity contribution in [3.8, 4) is 0 Å². The number of Topliss-reactive ketones (excluding diaryl/α,β-unsaturated/α-hetero) is 1. The number of piperidine rings is 1. The fourth-order valence-corrected chi connectivity index (χ4v) is 4.06. The summed E-state index contributed by atoms with van der Waals surface area (Å²) in [6, 6.07) is 9.62. The van der Waals surface area contributed by atoms with Gasteiger partial charge >= 0.3 is 0 Å². The van der Waals surface area contributed by atoms with Crippen LogP contribution in [0.3, 0.4) is 0 Å². The van der Waals surface area contributed by atoms with Crippen LogP contribution in [0.4, 0.5) is 0 Å². The third-order valence-electron chi connectivity index (χ3n) is 5.81. The second-order valence-electron chi connectivity index (χ2n) is 8.19. The summed E-state index contributed by atoms with van der Waals surface area (Å²) in [7, 11) is 0. The number of hydrogen-bond acceptors (Lipinski definition) is 3. The van der Waals surface area contributed by atoms with E-state index in [9.17, 15) is 14.4 Å². The summed E-state index contributed by atoms with van der Waals surface area (Å²) in [6.07, 6.45) is 3.48. The van der Waals surface area contributed by atoms with E-state index in [1.54, 1.807) is 0 Å². The quantitative estimate of drug-likeness (QED) is 0.724. The van der Waals surface area contributed by atoms with E-state index in [2.05, 4.69) is 11.9 Å². The Morgan fingerprint density at radius 1 is 1.14 bits per heavy atom. The first-order chi connectivity index (χ1) is 13.8. The second kappa shape index (κ2) is 9.21. The summed E-state index contributed by atoms with van der Waals surface area (Å²) in [6.45, 7) is 7.45. The highest BCUT2D eigenvalue weighted by Crippen LogP contribution is 2.21. The number of H-pyrrole nitrogens is 1. The van der Waals surface area contributed by atoms with Gasteiger partial charge in [0.2, 0.25) is 5.91 Å². The molecule has 1 aromatic heterocycles. The number of aromatic nitrogens is 1. The maximum Gasteiger partial charge on any atom is 0.251 e. The minimum Gasteiger partial charge on any atom is -0.342 e. The standard InChI is InChI=1S/C24H30N2O3/c1-16-14-18(3)25-24(29)21(16)11-12-22(27)20-9-7-19(8-10-20)17(2)15-26-13-5-4-6-23(26)28/h7-10,14,17H,4-6,11-13,15H2,1-3H3,(H,25,29). The molecular formula is C24H30N2O3. The number of nitrogens with zero attached hydrogens (tertiary/aromatic N) is 1. The van der Waals surface area contributed by atoms with Crippen LogP contribution in [0, 0.1) is 13.8 Å². The van der Waals surface area contributed by atoms with Crippen LogP contribution in [0.2, 0.25) is 0 Å². The number of rotatable bonds is 7. The molecule has 1 aliphatic heterocycles. The van der Waals surface area contributed by atoms with Gasteiger partial charge in [0.1, 0.15) is 0 Å². The first kappa shape index (κ1) is 21.0. The lowest BCUT2D eigenvalue weighted by atomic mass is 9.95. The van der Waals surface area contributed by atoms with E-state index >= 15 is 0 Å². The highest BCUT2D eigenvalue weighted by molar-refractivity contribution is 5.96. The van der Waals surface area contributed by atoms with Crippen LogP contribution in [0.25, 0.3) is 0 Å². The minimum absolute atomic E-state index is 0.0368. The SMILES string of the molecule is Cc1cc(C)c(CCC(=O)c2ccc(C(C)CN3CCCCC3=O)cc2)c(=O)[nH]1. The van der Waals surface area contributed by atoms with E-state index in [1.807, 2.05) is 49.1 Å². The molecule has 29 heavy (non-hydrogen) atoms. The molecule has 0 aliphatic carbocycles. The zero-order chi connectivity index (χ0) is 21.0. The normalized spacial score (nSPS) is 15.4. The highest BCUT2D eigenvalue weighted by atomic mass is 16.2. The Labute approximate surface area is 172 Å². The van der Waals surface area contributed by atoms with E-state index in [1.165, 1.54) is 0 Å². The first-order valence-electron chi connectivity index (χ1n) is 10.5. The first-order valence-corrected chi connectivity index (χ1v) is 10.5. The van der Waals surface area contributed by atoms with Gasteiger partial charge in [0, 0.05) is 42.8 Å². The third kappa shape index (κ3) is 5.22. The van der Waals surface area contributed by atoms with Crippen molar-refractivity contribution in [3.05, 3.63) is 68.6 Å². The van der Waals surface area contributed by atoms with E-state index in [0.29, 0.717) is 30.4 Å². The molecule has 2 aromatic rings. The Morgan fingerprint density at radius 3 is 2.52 bits per heavy atom. The molecular weight excluding hydrogens is 364 g/mol. The van der Waals surface area contributed by atoms with Gasteiger partial charge in [-0.15, -0.1) is 0 Å². The van der Waals surface area contributed by atoms with Crippen molar-refractivity contribution in [2.45, 2.75) is 58.8 Å². The van der Waals surface area contributed by atoms with Gasteiger partial charge in [-0.2, -0.15) is 0 Å². The molecule has 0 saturated carbocycles. The molecule has 0 radical (unpaired) electrons. The molecule has 2 heterocycles. The Balaban J connectivity index is 1.60. The second-order valence-corrected chi connectivity index (χ2v) is 8.19. The molecule has 1 unspecified atom stereocenters. The number of aryl methyl sites for hydroxylation is 2. The van der Waals surface area contributed by atoms with E-state index in [-0.39, 0.29) is 23.2 Å². The summed E-state index contributed by atoms with van der Waals surface area (Å²) in [5.41, 5.74) is 4.13. The maximum atomic E-state index is 12.6. The van der Waals surface area contributed by atoms with Crippen molar-refractivity contribution in [3.63, 3.8) is 0 Å². The molecule has 1 atom stereocenters. The number of aromatic amines is 1. The van der Waals surface area contributed by atoms with Gasteiger partial charge in [-0.1, -0.05) is 31.2 Å². The minimum atomic E-state index is -0.105. The highest BCUT2D eigenvalue weighted by Gasteiger charge is 2.20. The monoisotopic (exact) mass is 394 g/mol. The third-order valence-corrected chi connectivity index (χ3v) is 5.81. The van der Waals surface area contributed by atoms with Crippen molar-refractivity contribution >= 4 is 11.7 Å². The molecule has 1 amide bonds. The van der Waals surface area contributed by atoms with Gasteiger partial charge < -0.3 is 9.88 Å². The number of nitrogens with one attached hydrogen (secondary N) is 1. The summed E-state index contributed by atoms with van der Waals surface area (Å²) >= 11 is 0. The average Bonchev–Trinajstić information content (AvgIpc) is 2.69. The average molecular weight is 395 g/mol. The number of benzene rings is 1. The molecule has 5 nitrogen and oxygen atoms in total. The van der Waals surface area contributed by atoms with Crippen molar-refractivity contribution < 1.29 is 9.59 Å². The van der Waals surface area contributed by atoms with E-state index in [4.69, 9.17) is 0 Å². The summed E-state index contributed by atoms with van der Waals surface area (Å²) in [5, 5.41) is 0. The van der Waals surface area contributed by atoms with Crippen LogP contribution in [-0.2, 0) is 11.2 Å². The van der Waals surface area contributed by atoms with Gasteiger partial charge in [-0.3, -0.25) is 14.4 Å². The van der Waals surface area contributed by atoms with Crippen molar-refractivity contribution in [2.75, 3.05) is 13.1 Å². The number of pyridine rings is 1. The smallest absolute Gasteiger partial charge is 0.251 e. The predicted molar refractivity (Wildman–Crippen MR) is 114 cm³/mol. The fourth-order valence-electron chi connectivity index (χ4n) is 4.06. The van der Waals surface area contributed by atoms with Crippen molar-refractivity contribution in [1.29, 1.82) is 0 Å². The fraction of sp³-hybridized carbons (Fsp3) is 0.458. The zero-order valence-corrected chi connectivity index (χ0v) is 17.6. The summed E-state index contributed by atoms with van der Waals surface area (Å²) < 4.78 is 0. The lowest BCUT2D eigenvalue weighted by Crippen LogP contribution is -2.37. The van der Waals surface area contributed by atoms with Gasteiger partial charge in [-0.05, 0) is 56.2 Å². The van der Waals surface area contributed by atoms with Crippen LogP contribution >= 0.6 is 0 Å². The van der Waals surface area contributed by atoms with Gasteiger partial charge in [0.15, 0.2) is 5.78 Å². The number of carbonyl (C=O) groups is 2. The van der Waals surface area contributed by atoms with Gasteiger partial charge in [0.25, 0.3) is 5.56 Å². The van der Waals surface area contributed by atoms with Crippen molar-refractivity contribution in [2.24, 2.45) is 0 Å². The molecule has 0 spiro atoms. The maximum absolute atomic E-state index is 12.6. The Bertz CT molecular complexity index is 944. The van der Waals surface area contributed by atoms with Crippen LogP contribution in [0.15, 0.2) is 35.1 Å². The van der Waals surface area contributed by atoms with Crippen LogP contribution in [0.5, 0.6) is 0 Å². The van der Waals surface area contributed by atoms with Crippen LogP contribution < -0.4 is 5.56 Å². The zero-order valence-electron chi connectivity index (χ0n) is 17.6. The molecule has 1 aliphatic rings.